The lowest BCUT2D eigenvalue weighted by molar-refractivity contribution is -0.126. The maximum atomic E-state index is 12.5. The SMILES string of the molecule is C[C@@H](Sc1ccc(S(=O)(=O)N2CCCC2)cn1)C(=O)N1CCNC1=O. The van der Waals surface area contributed by atoms with Crippen LogP contribution < -0.4 is 5.32 Å². The van der Waals surface area contributed by atoms with Gasteiger partial charge in [0.15, 0.2) is 0 Å². The quantitative estimate of drug-likeness (QED) is 0.757. The van der Waals surface area contributed by atoms with Gasteiger partial charge in [-0.05, 0) is 31.9 Å². The number of hydrogen-bond acceptors (Lipinski definition) is 6. The molecule has 8 nitrogen and oxygen atoms in total. The lowest BCUT2D eigenvalue weighted by Crippen LogP contribution is -2.38. The molecule has 3 heterocycles. The van der Waals surface area contributed by atoms with Crippen LogP contribution in [0.3, 0.4) is 0 Å². The first-order chi connectivity index (χ1) is 11.9. The van der Waals surface area contributed by atoms with Crippen molar-refractivity contribution in [2.75, 3.05) is 26.2 Å². The zero-order chi connectivity index (χ0) is 18.0. The molecule has 0 radical (unpaired) electrons. The van der Waals surface area contributed by atoms with E-state index in [1.165, 1.54) is 33.2 Å². The number of sulfonamides is 1. The van der Waals surface area contributed by atoms with Gasteiger partial charge in [0.1, 0.15) is 4.90 Å². The second-order valence-corrected chi connectivity index (χ2v) is 9.22. The van der Waals surface area contributed by atoms with E-state index in [-0.39, 0.29) is 16.8 Å². The molecule has 2 saturated heterocycles. The van der Waals surface area contributed by atoms with Crippen molar-refractivity contribution < 1.29 is 18.0 Å². The maximum absolute atomic E-state index is 12.5. The number of amides is 3. The maximum Gasteiger partial charge on any atom is 0.324 e. The third kappa shape index (κ3) is 3.80. The van der Waals surface area contributed by atoms with Crippen molar-refractivity contribution in [1.29, 1.82) is 0 Å². The first-order valence-corrected chi connectivity index (χ1v) is 10.4. The Hall–Kier alpha value is -1.65. The number of hydrogen-bond donors (Lipinski definition) is 1. The van der Waals surface area contributed by atoms with Crippen LogP contribution in [0.4, 0.5) is 4.79 Å². The first-order valence-electron chi connectivity index (χ1n) is 8.11. The molecule has 1 aromatic heterocycles. The molecule has 0 aromatic carbocycles. The molecule has 0 spiro atoms. The lowest BCUT2D eigenvalue weighted by Gasteiger charge is -2.17. The molecule has 0 bridgehead atoms. The minimum Gasteiger partial charge on any atom is -0.336 e. The number of urea groups is 1. The highest BCUT2D eigenvalue weighted by molar-refractivity contribution is 8.00. The van der Waals surface area contributed by atoms with Crippen LogP contribution in [-0.4, -0.2) is 66.0 Å². The molecule has 136 valence electrons. The van der Waals surface area contributed by atoms with E-state index in [2.05, 4.69) is 10.3 Å². The molecule has 1 N–H and O–H groups in total. The summed E-state index contributed by atoms with van der Waals surface area (Å²) in [6, 6.07) is 2.74. The van der Waals surface area contributed by atoms with Gasteiger partial charge in [0.05, 0.1) is 10.3 Å². The largest absolute Gasteiger partial charge is 0.336 e. The predicted molar refractivity (Wildman–Crippen MR) is 92.7 cm³/mol. The molecule has 1 atom stereocenters. The van der Waals surface area contributed by atoms with Gasteiger partial charge in [-0.25, -0.2) is 18.2 Å². The molecule has 0 aliphatic carbocycles. The fourth-order valence-corrected chi connectivity index (χ4v) is 5.11. The Morgan fingerprint density at radius 1 is 1.28 bits per heavy atom. The van der Waals surface area contributed by atoms with E-state index in [0.29, 0.717) is 31.2 Å². The second kappa shape index (κ2) is 7.30. The summed E-state index contributed by atoms with van der Waals surface area (Å²) >= 11 is 1.20. The van der Waals surface area contributed by atoms with E-state index in [1.54, 1.807) is 13.0 Å². The lowest BCUT2D eigenvalue weighted by atomic mass is 10.4. The molecule has 3 amide bonds. The molecule has 0 saturated carbocycles. The number of nitrogens with one attached hydrogen (secondary N) is 1. The van der Waals surface area contributed by atoms with E-state index < -0.39 is 15.3 Å². The van der Waals surface area contributed by atoms with Crippen LogP contribution in [0.15, 0.2) is 28.3 Å². The van der Waals surface area contributed by atoms with Gasteiger partial charge in [-0.3, -0.25) is 9.69 Å². The van der Waals surface area contributed by atoms with Gasteiger partial charge < -0.3 is 5.32 Å². The molecule has 2 fully saturated rings. The summed E-state index contributed by atoms with van der Waals surface area (Å²) in [4.78, 5) is 29.3. The van der Waals surface area contributed by atoms with Gasteiger partial charge in [-0.2, -0.15) is 4.31 Å². The number of pyridine rings is 1. The average Bonchev–Trinajstić information content (AvgIpc) is 3.26. The Balaban J connectivity index is 1.66. The summed E-state index contributed by atoms with van der Waals surface area (Å²) in [5.41, 5.74) is 0. The van der Waals surface area contributed by atoms with Crippen molar-refractivity contribution >= 4 is 33.7 Å². The first kappa shape index (κ1) is 18.2. The van der Waals surface area contributed by atoms with Gasteiger partial charge in [-0.1, -0.05) is 11.8 Å². The number of rotatable bonds is 5. The van der Waals surface area contributed by atoms with Crippen LogP contribution in [0.1, 0.15) is 19.8 Å². The van der Waals surface area contributed by atoms with E-state index >= 15 is 0 Å². The van der Waals surface area contributed by atoms with Crippen LogP contribution in [0.25, 0.3) is 0 Å². The van der Waals surface area contributed by atoms with Crippen LogP contribution in [0.5, 0.6) is 0 Å². The summed E-state index contributed by atoms with van der Waals surface area (Å²) in [6.45, 7) is 3.62. The number of carbonyl (C=O) groups excluding carboxylic acids is 2. The van der Waals surface area contributed by atoms with Gasteiger partial charge >= 0.3 is 6.03 Å². The van der Waals surface area contributed by atoms with Crippen molar-refractivity contribution in [1.82, 2.24) is 19.5 Å². The Labute approximate surface area is 151 Å². The van der Waals surface area contributed by atoms with Crippen LogP contribution >= 0.6 is 11.8 Å². The van der Waals surface area contributed by atoms with E-state index in [0.717, 1.165) is 12.8 Å². The third-order valence-corrected chi connectivity index (χ3v) is 7.10. The standard InChI is InChI=1S/C15H20N4O4S2/c1-11(14(20)19-9-6-16-15(19)21)24-13-5-4-12(10-17-13)25(22,23)18-7-2-3-8-18/h4-5,10-11H,2-3,6-9H2,1H3,(H,16,21)/t11-/m1/s1. The number of thioether (sulfide) groups is 1. The fourth-order valence-electron chi connectivity index (χ4n) is 2.80. The van der Waals surface area contributed by atoms with E-state index in [1.807, 2.05) is 0 Å². The van der Waals surface area contributed by atoms with Crippen molar-refractivity contribution in [2.24, 2.45) is 0 Å². The number of nitrogens with zero attached hydrogens (tertiary/aromatic N) is 3. The topological polar surface area (TPSA) is 99.7 Å². The fraction of sp³-hybridized carbons (Fsp3) is 0.533. The summed E-state index contributed by atoms with van der Waals surface area (Å²) in [7, 11) is -3.49. The molecule has 2 aliphatic heterocycles. The summed E-state index contributed by atoms with van der Waals surface area (Å²) in [5, 5.41) is 2.64. The summed E-state index contributed by atoms with van der Waals surface area (Å²) < 4.78 is 26.4. The molecule has 25 heavy (non-hydrogen) atoms. The number of aromatic nitrogens is 1. The minimum atomic E-state index is -3.49. The Morgan fingerprint density at radius 2 is 2.00 bits per heavy atom. The van der Waals surface area contributed by atoms with E-state index in [9.17, 15) is 18.0 Å². The van der Waals surface area contributed by atoms with Crippen LogP contribution in [0.2, 0.25) is 0 Å². The Kier molecular flexibility index (Phi) is 5.30. The molecular formula is C15H20N4O4S2. The Bertz CT molecular complexity index is 760. The van der Waals surface area contributed by atoms with Gasteiger partial charge in [0, 0.05) is 32.4 Å². The van der Waals surface area contributed by atoms with Crippen molar-refractivity contribution in [3.63, 3.8) is 0 Å². The highest BCUT2D eigenvalue weighted by atomic mass is 32.2. The summed E-state index contributed by atoms with van der Waals surface area (Å²) in [6.07, 6.45) is 3.09. The molecular weight excluding hydrogens is 364 g/mol. The zero-order valence-electron chi connectivity index (χ0n) is 13.8. The summed E-state index contributed by atoms with van der Waals surface area (Å²) in [5.74, 6) is -0.282. The zero-order valence-corrected chi connectivity index (χ0v) is 15.5. The second-order valence-electron chi connectivity index (χ2n) is 5.93. The van der Waals surface area contributed by atoms with Gasteiger partial charge in [0.2, 0.25) is 15.9 Å². The highest BCUT2D eigenvalue weighted by Gasteiger charge is 2.31. The van der Waals surface area contributed by atoms with Gasteiger partial charge in [0.25, 0.3) is 0 Å². The number of imide groups is 1. The third-order valence-electron chi connectivity index (χ3n) is 4.18. The van der Waals surface area contributed by atoms with E-state index in [4.69, 9.17) is 0 Å². The van der Waals surface area contributed by atoms with Crippen molar-refractivity contribution in [2.45, 2.75) is 34.9 Å². The number of carbonyl (C=O) groups is 2. The predicted octanol–water partition coefficient (Wildman–Crippen LogP) is 0.898. The minimum absolute atomic E-state index is 0.164. The normalized spacial score (nSPS) is 19.9. The average molecular weight is 384 g/mol. The monoisotopic (exact) mass is 384 g/mol. The van der Waals surface area contributed by atoms with Crippen molar-refractivity contribution in [3.05, 3.63) is 18.3 Å². The molecule has 2 aliphatic rings. The van der Waals surface area contributed by atoms with Crippen LogP contribution in [-0.2, 0) is 14.8 Å². The smallest absolute Gasteiger partial charge is 0.324 e. The van der Waals surface area contributed by atoms with Crippen LogP contribution in [0, 0.1) is 0 Å². The highest BCUT2D eigenvalue weighted by Crippen LogP contribution is 2.26. The molecule has 3 rings (SSSR count). The molecule has 1 aromatic rings. The van der Waals surface area contributed by atoms with Gasteiger partial charge in [-0.15, -0.1) is 0 Å². The van der Waals surface area contributed by atoms with Crippen molar-refractivity contribution in [3.8, 4) is 0 Å². The Morgan fingerprint density at radius 3 is 2.56 bits per heavy atom. The molecule has 10 heteroatoms. The molecule has 0 unspecified atom stereocenters.